The van der Waals surface area contributed by atoms with Gasteiger partial charge in [0.25, 0.3) is 5.91 Å². The molecule has 0 spiro atoms. The highest BCUT2D eigenvalue weighted by Gasteiger charge is 2.35. The second-order valence-corrected chi connectivity index (χ2v) is 7.10. The molecule has 0 aromatic heterocycles. The molecule has 1 saturated heterocycles. The lowest BCUT2D eigenvalue weighted by Crippen LogP contribution is -2.30. The lowest BCUT2D eigenvalue weighted by molar-refractivity contribution is 0.0785. The molecule has 0 unspecified atom stereocenters. The molecular weight excluding hydrogens is 388 g/mol. The summed E-state index contributed by atoms with van der Waals surface area (Å²) in [4.78, 5) is 14.8. The molecule has 3 rings (SSSR count). The van der Waals surface area contributed by atoms with Crippen molar-refractivity contribution in [3.05, 3.63) is 69.7 Å². The van der Waals surface area contributed by atoms with E-state index in [9.17, 15) is 4.79 Å². The maximum Gasteiger partial charge on any atom is 0.254 e. The van der Waals surface area contributed by atoms with E-state index in [1.807, 2.05) is 48.2 Å². The van der Waals surface area contributed by atoms with E-state index in [0.29, 0.717) is 18.4 Å². The van der Waals surface area contributed by atoms with Crippen LogP contribution in [0.25, 0.3) is 0 Å². The number of halogens is 2. The molecule has 2 aromatic rings. The van der Waals surface area contributed by atoms with E-state index in [1.54, 1.807) is 0 Å². The number of aryl methyl sites for hydroxylation is 1. The fourth-order valence-electron chi connectivity index (χ4n) is 3.39. The molecule has 1 aliphatic heterocycles. The van der Waals surface area contributed by atoms with Crippen molar-refractivity contribution in [2.45, 2.75) is 12.8 Å². The molecule has 24 heavy (non-hydrogen) atoms. The normalized spacial score (nSPS) is 19.9. The first-order valence-electron chi connectivity index (χ1n) is 7.90. The number of amides is 1. The van der Waals surface area contributed by atoms with Crippen LogP contribution < -0.4 is 5.73 Å². The summed E-state index contributed by atoms with van der Waals surface area (Å²) in [5, 5.41) is 0. The van der Waals surface area contributed by atoms with Gasteiger partial charge in [0.1, 0.15) is 0 Å². The van der Waals surface area contributed by atoms with Gasteiger partial charge in [-0.05, 0) is 48.7 Å². The van der Waals surface area contributed by atoms with Gasteiger partial charge in [-0.15, -0.1) is 12.4 Å². The second kappa shape index (κ2) is 8.15. The Morgan fingerprint density at radius 1 is 1.21 bits per heavy atom. The van der Waals surface area contributed by atoms with Crippen LogP contribution in [0, 0.1) is 12.8 Å². The Kier molecular flexibility index (Phi) is 6.44. The maximum absolute atomic E-state index is 12.9. The fourth-order valence-corrected chi connectivity index (χ4v) is 3.87. The summed E-state index contributed by atoms with van der Waals surface area (Å²) in [5.41, 5.74) is 9.01. The van der Waals surface area contributed by atoms with Crippen LogP contribution in [0.2, 0.25) is 0 Å². The topological polar surface area (TPSA) is 46.3 Å². The summed E-state index contributed by atoms with van der Waals surface area (Å²) >= 11 is 3.45. The average Bonchev–Trinajstić information content (AvgIpc) is 2.99. The van der Waals surface area contributed by atoms with Gasteiger partial charge in [0.15, 0.2) is 0 Å². The van der Waals surface area contributed by atoms with Gasteiger partial charge in [-0.3, -0.25) is 4.79 Å². The lowest BCUT2D eigenvalue weighted by Gasteiger charge is -2.18. The van der Waals surface area contributed by atoms with Crippen molar-refractivity contribution in [2.75, 3.05) is 19.6 Å². The minimum absolute atomic E-state index is 0. The lowest BCUT2D eigenvalue weighted by atomic mass is 9.89. The Bertz CT molecular complexity index is 708. The first-order valence-corrected chi connectivity index (χ1v) is 8.70. The van der Waals surface area contributed by atoms with E-state index >= 15 is 0 Å². The van der Waals surface area contributed by atoms with Crippen LogP contribution in [0.15, 0.2) is 53.0 Å². The van der Waals surface area contributed by atoms with Gasteiger partial charge in [-0.2, -0.15) is 0 Å². The smallest absolute Gasteiger partial charge is 0.254 e. The second-order valence-electron chi connectivity index (χ2n) is 6.18. The summed E-state index contributed by atoms with van der Waals surface area (Å²) in [6.45, 7) is 4.04. The van der Waals surface area contributed by atoms with Crippen LogP contribution in [0.5, 0.6) is 0 Å². The van der Waals surface area contributed by atoms with E-state index in [1.165, 1.54) is 5.56 Å². The Morgan fingerprint density at radius 2 is 1.92 bits per heavy atom. The summed E-state index contributed by atoms with van der Waals surface area (Å²) < 4.78 is 0.995. The molecule has 0 bridgehead atoms. The Balaban J connectivity index is 0.00000208. The van der Waals surface area contributed by atoms with Crippen LogP contribution in [-0.4, -0.2) is 30.4 Å². The molecule has 2 N–H and O–H groups in total. The minimum atomic E-state index is 0. The van der Waals surface area contributed by atoms with Crippen LogP contribution in [-0.2, 0) is 0 Å². The number of benzene rings is 2. The number of carbonyl (C=O) groups excluding carboxylic acids is 1. The highest BCUT2D eigenvalue weighted by atomic mass is 79.9. The number of hydrogen-bond acceptors (Lipinski definition) is 2. The first-order chi connectivity index (χ1) is 11.1. The van der Waals surface area contributed by atoms with Gasteiger partial charge in [-0.1, -0.05) is 46.3 Å². The minimum Gasteiger partial charge on any atom is -0.338 e. The number of rotatable bonds is 3. The predicted molar refractivity (Wildman–Crippen MR) is 104 cm³/mol. The SMILES string of the molecule is Cc1cc(Br)ccc1C(=O)N1C[C@@H](CN)[C@H](c2ccccc2)C1.Cl. The third-order valence-electron chi connectivity index (χ3n) is 4.68. The van der Waals surface area contributed by atoms with Crippen molar-refractivity contribution in [1.29, 1.82) is 0 Å². The highest BCUT2D eigenvalue weighted by molar-refractivity contribution is 9.10. The standard InChI is InChI=1S/C19H21BrN2O.ClH/c1-13-9-16(20)7-8-17(13)19(23)22-11-15(10-21)18(12-22)14-5-3-2-4-6-14;/h2-9,15,18H,10-12,21H2,1H3;1H/t15-,18+;/m1./s1. The molecule has 1 aliphatic rings. The summed E-state index contributed by atoms with van der Waals surface area (Å²) in [5.74, 6) is 0.741. The largest absolute Gasteiger partial charge is 0.338 e. The molecule has 2 atom stereocenters. The van der Waals surface area contributed by atoms with Gasteiger partial charge >= 0.3 is 0 Å². The van der Waals surface area contributed by atoms with Crippen LogP contribution in [0.4, 0.5) is 0 Å². The van der Waals surface area contributed by atoms with Gasteiger partial charge in [0.2, 0.25) is 0 Å². The van der Waals surface area contributed by atoms with Gasteiger partial charge < -0.3 is 10.6 Å². The summed E-state index contributed by atoms with van der Waals surface area (Å²) in [6.07, 6.45) is 0. The Labute approximate surface area is 157 Å². The number of nitrogens with two attached hydrogens (primary N) is 1. The van der Waals surface area contributed by atoms with Crippen molar-refractivity contribution in [1.82, 2.24) is 4.90 Å². The molecule has 0 saturated carbocycles. The van der Waals surface area contributed by atoms with Gasteiger partial charge in [0, 0.05) is 29.0 Å². The third kappa shape index (κ3) is 3.82. The number of hydrogen-bond donors (Lipinski definition) is 1. The number of nitrogens with zero attached hydrogens (tertiary/aromatic N) is 1. The zero-order valence-corrected chi connectivity index (χ0v) is 16.0. The molecular formula is C19H22BrClN2O. The molecule has 0 radical (unpaired) electrons. The summed E-state index contributed by atoms with van der Waals surface area (Å²) in [7, 11) is 0. The van der Waals surface area contributed by atoms with Crippen LogP contribution in [0.3, 0.4) is 0 Å². The monoisotopic (exact) mass is 408 g/mol. The van der Waals surface area contributed by atoms with Crippen LogP contribution in [0.1, 0.15) is 27.4 Å². The molecule has 2 aromatic carbocycles. The average molecular weight is 410 g/mol. The Hall–Kier alpha value is -1.36. The van der Waals surface area contributed by atoms with E-state index in [2.05, 4.69) is 28.1 Å². The summed E-state index contributed by atoms with van der Waals surface area (Å²) in [6, 6.07) is 16.2. The van der Waals surface area contributed by atoms with Crippen molar-refractivity contribution in [3.63, 3.8) is 0 Å². The van der Waals surface area contributed by atoms with Crippen molar-refractivity contribution < 1.29 is 4.79 Å². The zero-order chi connectivity index (χ0) is 16.4. The number of carbonyl (C=O) groups is 1. The van der Waals surface area contributed by atoms with E-state index in [4.69, 9.17) is 5.73 Å². The maximum atomic E-state index is 12.9. The molecule has 1 amide bonds. The van der Waals surface area contributed by atoms with Gasteiger partial charge in [0.05, 0.1) is 0 Å². The highest BCUT2D eigenvalue weighted by Crippen LogP contribution is 2.33. The van der Waals surface area contributed by atoms with E-state index in [0.717, 1.165) is 28.7 Å². The fraction of sp³-hybridized carbons (Fsp3) is 0.316. The quantitative estimate of drug-likeness (QED) is 0.833. The van der Waals surface area contributed by atoms with Crippen molar-refractivity contribution in [3.8, 4) is 0 Å². The van der Waals surface area contributed by atoms with Crippen LogP contribution >= 0.6 is 28.3 Å². The predicted octanol–water partition coefficient (Wildman–Crippen LogP) is 3.99. The van der Waals surface area contributed by atoms with Crippen molar-refractivity contribution in [2.24, 2.45) is 11.7 Å². The molecule has 0 aliphatic carbocycles. The first kappa shape index (κ1) is 19.0. The zero-order valence-electron chi connectivity index (χ0n) is 13.6. The molecule has 128 valence electrons. The Morgan fingerprint density at radius 3 is 2.54 bits per heavy atom. The molecule has 1 heterocycles. The molecule has 3 nitrogen and oxygen atoms in total. The van der Waals surface area contributed by atoms with Gasteiger partial charge in [-0.25, -0.2) is 0 Å². The number of likely N-dealkylation sites (tertiary alicyclic amines) is 1. The van der Waals surface area contributed by atoms with E-state index < -0.39 is 0 Å². The molecule has 1 fully saturated rings. The third-order valence-corrected chi connectivity index (χ3v) is 5.17. The van der Waals surface area contributed by atoms with Crippen molar-refractivity contribution >= 4 is 34.2 Å². The molecule has 5 heteroatoms. The van der Waals surface area contributed by atoms with E-state index in [-0.39, 0.29) is 18.3 Å².